The highest BCUT2D eigenvalue weighted by Gasteiger charge is 2.36. The number of furan rings is 1. The molecule has 0 aliphatic heterocycles. The van der Waals surface area contributed by atoms with E-state index in [0.29, 0.717) is 0 Å². The first-order valence-electron chi connectivity index (χ1n) is 21.2. The molecule has 2 heteroatoms. The molecule has 0 N–H and O–H groups in total. The van der Waals surface area contributed by atoms with Crippen LogP contribution in [0, 0.1) is 0 Å². The van der Waals surface area contributed by atoms with Crippen molar-refractivity contribution in [2.24, 2.45) is 0 Å². The molecule has 0 unspecified atom stereocenters. The van der Waals surface area contributed by atoms with Crippen molar-refractivity contribution in [3.63, 3.8) is 0 Å². The van der Waals surface area contributed by atoms with Gasteiger partial charge in [0.05, 0.1) is 0 Å². The molecular formula is C59H41NO. The molecule has 288 valence electrons. The molecule has 0 saturated heterocycles. The molecule has 0 amide bonds. The first-order valence-corrected chi connectivity index (χ1v) is 21.2. The van der Waals surface area contributed by atoms with Gasteiger partial charge < -0.3 is 9.32 Å². The smallest absolute Gasteiger partial charge is 0.143 e. The van der Waals surface area contributed by atoms with Crippen molar-refractivity contribution in [2.45, 2.75) is 19.3 Å². The van der Waals surface area contributed by atoms with Crippen LogP contribution in [0.4, 0.5) is 17.1 Å². The van der Waals surface area contributed by atoms with Crippen molar-refractivity contribution in [3.8, 4) is 44.5 Å². The normalized spacial score (nSPS) is 12.9. The van der Waals surface area contributed by atoms with Crippen LogP contribution < -0.4 is 4.90 Å². The Morgan fingerprint density at radius 2 is 0.787 bits per heavy atom. The van der Waals surface area contributed by atoms with Gasteiger partial charge in [0.2, 0.25) is 0 Å². The number of nitrogens with zero attached hydrogens (tertiary/aromatic N) is 1. The first-order chi connectivity index (χ1) is 30.0. The number of benzene rings is 10. The largest absolute Gasteiger partial charge is 0.455 e. The van der Waals surface area contributed by atoms with Crippen LogP contribution in [-0.2, 0) is 5.41 Å². The highest BCUT2D eigenvalue weighted by molar-refractivity contribution is 6.17. The van der Waals surface area contributed by atoms with Gasteiger partial charge in [-0.05, 0) is 109 Å². The van der Waals surface area contributed by atoms with Gasteiger partial charge in [0.25, 0.3) is 0 Å². The first kappa shape index (κ1) is 35.3. The molecule has 1 heterocycles. The Labute approximate surface area is 355 Å². The van der Waals surface area contributed by atoms with Crippen LogP contribution in [0.1, 0.15) is 25.0 Å². The van der Waals surface area contributed by atoms with E-state index in [2.05, 4.69) is 231 Å². The van der Waals surface area contributed by atoms with Gasteiger partial charge in [0, 0.05) is 44.2 Å². The highest BCUT2D eigenvalue weighted by atomic mass is 16.3. The third-order valence-electron chi connectivity index (χ3n) is 13.1. The number of para-hydroxylation sites is 1. The summed E-state index contributed by atoms with van der Waals surface area (Å²) in [4.78, 5) is 2.36. The molecule has 11 aromatic rings. The number of hydrogen-bond acceptors (Lipinski definition) is 2. The molecule has 0 atom stereocenters. The highest BCUT2D eigenvalue weighted by Crippen LogP contribution is 2.52. The fourth-order valence-electron chi connectivity index (χ4n) is 10.0. The van der Waals surface area contributed by atoms with E-state index in [9.17, 15) is 0 Å². The second kappa shape index (κ2) is 13.7. The van der Waals surface area contributed by atoms with Gasteiger partial charge in [0.15, 0.2) is 0 Å². The Morgan fingerprint density at radius 3 is 1.51 bits per heavy atom. The average Bonchev–Trinajstić information content (AvgIpc) is 3.82. The molecule has 1 aromatic heterocycles. The molecule has 12 rings (SSSR count). The lowest BCUT2D eigenvalue weighted by Crippen LogP contribution is -2.14. The van der Waals surface area contributed by atoms with Gasteiger partial charge in [0.1, 0.15) is 11.2 Å². The van der Waals surface area contributed by atoms with E-state index in [1.165, 1.54) is 60.7 Å². The van der Waals surface area contributed by atoms with Crippen molar-refractivity contribution in [1.29, 1.82) is 0 Å². The minimum atomic E-state index is -0.0483. The average molecular weight is 780 g/mol. The second-order valence-electron chi connectivity index (χ2n) is 16.8. The second-order valence-corrected chi connectivity index (χ2v) is 16.8. The summed E-state index contributed by atoms with van der Waals surface area (Å²) in [6.07, 6.45) is 0. The minimum Gasteiger partial charge on any atom is -0.455 e. The Bertz CT molecular complexity index is 3480. The zero-order valence-electron chi connectivity index (χ0n) is 34.1. The molecule has 0 bridgehead atoms. The fourth-order valence-corrected chi connectivity index (χ4v) is 10.0. The molecule has 2 nitrogen and oxygen atoms in total. The Balaban J connectivity index is 0.959. The van der Waals surface area contributed by atoms with Crippen LogP contribution in [0.15, 0.2) is 217 Å². The summed E-state index contributed by atoms with van der Waals surface area (Å²) < 4.78 is 6.74. The fraction of sp³-hybridized carbons (Fsp3) is 0.0508. The molecule has 1 aliphatic carbocycles. The Kier molecular flexibility index (Phi) is 7.92. The lowest BCUT2D eigenvalue weighted by atomic mass is 9.82. The predicted octanol–water partition coefficient (Wildman–Crippen LogP) is 16.7. The van der Waals surface area contributed by atoms with Crippen LogP contribution in [0.25, 0.3) is 88.0 Å². The third kappa shape index (κ3) is 5.56. The molecule has 0 radical (unpaired) electrons. The quantitative estimate of drug-likeness (QED) is 0.167. The zero-order valence-corrected chi connectivity index (χ0v) is 34.1. The van der Waals surface area contributed by atoms with E-state index in [0.717, 1.165) is 55.5 Å². The Hall–Kier alpha value is -7.68. The Morgan fingerprint density at radius 1 is 0.328 bits per heavy atom. The van der Waals surface area contributed by atoms with Crippen LogP contribution in [0.3, 0.4) is 0 Å². The van der Waals surface area contributed by atoms with E-state index < -0.39 is 0 Å². The summed E-state index contributed by atoms with van der Waals surface area (Å²) in [5.74, 6) is 0. The number of rotatable bonds is 6. The number of anilines is 3. The van der Waals surface area contributed by atoms with Crippen molar-refractivity contribution in [3.05, 3.63) is 223 Å². The third-order valence-corrected chi connectivity index (χ3v) is 13.1. The van der Waals surface area contributed by atoms with Gasteiger partial charge in [-0.3, -0.25) is 0 Å². The molecule has 10 aromatic carbocycles. The summed E-state index contributed by atoms with van der Waals surface area (Å²) in [5, 5.41) is 7.09. The minimum absolute atomic E-state index is 0.0483. The van der Waals surface area contributed by atoms with Crippen molar-refractivity contribution in [1.82, 2.24) is 0 Å². The number of fused-ring (bicyclic) bond motifs is 9. The molecule has 0 saturated carbocycles. The van der Waals surface area contributed by atoms with Crippen LogP contribution in [0.2, 0.25) is 0 Å². The molecule has 0 fully saturated rings. The van der Waals surface area contributed by atoms with E-state index in [4.69, 9.17) is 4.42 Å². The molecule has 61 heavy (non-hydrogen) atoms. The lowest BCUT2D eigenvalue weighted by molar-refractivity contribution is 0.660. The van der Waals surface area contributed by atoms with Crippen molar-refractivity contribution >= 4 is 60.5 Å². The maximum Gasteiger partial charge on any atom is 0.143 e. The SMILES string of the molecule is CC1(C)c2ccccc2-c2c(-c3ccc(N(c4ccc(-c5cccc6ccccc56)cc4)c4ccc(-c5cccc6c5oc5c7ccccc7ccc65)cc4)cc3)cccc21. The molecule has 1 aliphatic rings. The summed E-state index contributed by atoms with van der Waals surface area (Å²) >= 11 is 0. The van der Waals surface area contributed by atoms with Crippen LogP contribution >= 0.6 is 0 Å². The van der Waals surface area contributed by atoms with Gasteiger partial charge >= 0.3 is 0 Å². The van der Waals surface area contributed by atoms with Gasteiger partial charge in [-0.1, -0.05) is 184 Å². The maximum absolute atomic E-state index is 6.74. The van der Waals surface area contributed by atoms with E-state index >= 15 is 0 Å². The van der Waals surface area contributed by atoms with E-state index in [1.54, 1.807) is 0 Å². The lowest BCUT2D eigenvalue weighted by Gasteiger charge is -2.26. The summed E-state index contributed by atoms with van der Waals surface area (Å²) in [6, 6.07) is 77.3. The predicted molar refractivity (Wildman–Crippen MR) is 257 cm³/mol. The van der Waals surface area contributed by atoms with E-state index in [-0.39, 0.29) is 5.41 Å². The zero-order chi connectivity index (χ0) is 40.7. The van der Waals surface area contributed by atoms with Gasteiger partial charge in [-0.15, -0.1) is 0 Å². The van der Waals surface area contributed by atoms with E-state index in [1.807, 2.05) is 0 Å². The standard InChI is InChI=1S/C59H41NO/c1-59(2)54-22-8-7-17-53(54)56-48(19-11-23-55(56)59)41-26-33-44(34-27-41)60(43-31-24-40(25-32-43)47-18-9-14-38-12-3-5-15-46(38)47)45-35-28-42(29-36-45)50-20-10-21-51-52-37-30-39-13-4-6-16-49(39)58(52)61-57(50)51/h3-37H,1-2H3. The molecular weight excluding hydrogens is 739 g/mol. The summed E-state index contributed by atoms with van der Waals surface area (Å²) in [6.45, 7) is 4.69. The van der Waals surface area contributed by atoms with Gasteiger partial charge in [-0.2, -0.15) is 0 Å². The van der Waals surface area contributed by atoms with Crippen molar-refractivity contribution < 1.29 is 4.42 Å². The summed E-state index contributed by atoms with van der Waals surface area (Å²) in [5.41, 5.74) is 17.6. The van der Waals surface area contributed by atoms with Crippen LogP contribution in [-0.4, -0.2) is 0 Å². The van der Waals surface area contributed by atoms with Crippen LogP contribution in [0.5, 0.6) is 0 Å². The summed E-state index contributed by atoms with van der Waals surface area (Å²) in [7, 11) is 0. The monoisotopic (exact) mass is 779 g/mol. The van der Waals surface area contributed by atoms with Crippen molar-refractivity contribution in [2.75, 3.05) is 4.90 Å². The molecule has 0 spiro atoms. The topological polar surface area (TPSA) is 16.4 Å². The number of hydrogen-bond donors (Lipinski definition) is 0. The maximum atomic E-state index is 6.74. The van der Waals surface area contributed by atoms with Gasteiger partial charge in [-0.25, -0.2) is 0 Å².